The highest BCUT2D eigenvalue weighted by molar-refractivity contribution is 7.20. The molecule has 4 rings (SSSR count). The third-order valence-electron chi connectivity index (χ3n) is 5.38. The van der Waals surface area contributed by atoms with E-state index >= 15 is 0 Å². The number of amides is 1. The van der Waals surface area contributed by atoms with E-state index in [9.17, 15) is 9.59 Å². The van der Waals surface area contributed by atoms with E-state index < -0.39 is 0 Å². The summed E-state index contributed by atoms with van der Waals surface area (Å²) in [4.78, 5) is 29.0. The minimum atomic E-state index is -0.214. The second kappa shape index (κ2) is 6.96. The van der Waals surface area contributed by atoms with Crippen molar-refractivity contribution >= 4 is 38.4 Å². The van der Waals surface area contributed by atoms with Crippen LogP contribution in [0.15, 0.2) is 29.7 Å². The number of aromatic nitrogens is 3. The van der Waals surface area contributed by atoms with Gasteiger partial charge >= 0.3 is 0 Å². The molecule has 0 unspecified atom stereocenters. The van der Waals surface area contributed by atoms with Crippen LogP contribution >= 0.6 is 11.3 Å². The third-order valence-corrected chi connectivity index (χ3v) is 6.45. The van der Waals surface area contributed by atoms with Crippen molar-refractivity contribution in [3.05, 3.63) is 40.1 Å². The molecule has 0 radical (unpaired) electrons. The average Bonchev–Trinajstić information content (AvgIpc) is 3.15. The monoisotopic (exact) mass is 384 g/mol. The summed E-state index contributed by atoms with van der Waals surface area (Å²) < 4.78 is 4.36. The van der Waals surface area contributed by atoms with E-state index in [0.29, 0.717) is 12.1 Å². The van der Waals surface area contributed by atoms with Gasteiger partial charge in [-0.05, 0) is 39.2 Å². The molecule has 4 heterocycles. The Kier molecular flexibility index (Phi) is 4.63. The normalized spacial score (nSPS) is 17.7. The van der Waals surface area contributed by atoms with E-state index in [4.69, 9.17) is 0 Å². The van der Waals surface area contributed by atoms with Gasteiger partial charge in [-0.3, -0.25) is 9.59 Å². The van der Waals surface area contributed by atoms with Gasteiger partial charge in [0.2, 0.25) is 5.91 Å². The van der Waals surface area contributed by atoms with Crippen molar-refractivity contribution in [2.24, 2.45) is 0 Å². The molecule has 1 atom stereocenters. The number of hydrogen-bond acceptors (Lipinski definition) is 4. The van der Waals surface area contributed by atoms with E-state index in [2.05, 4.69) is 31.6 Å². The van der Waals surface area contributed by atoms with Crippen LogP contribution in [0.25, 0.3) is 21.1 Å². The molecule has 0 aliphatic carbocycles. The second-order valence-corrected chi connectivity index (χ2v) is 8.53. The summed E-state index contributed by atoms with van der Waals surface area (Å²) in [6.45, 7) is 9.25. The zero-order valence-electron chi connectivity index (χ0n) is 15.8. The fraction of sp³-hybridized carbons (Fsp3) is 0.450. The first-order chi connectivity index (χ1) is 13.0. The smallest absolute Gasteiger partial charge is 0.291 e. The summed E-state index contributed by atoms with van der Waals surface area (Å²) in [5.41, 5.74) is 1.42. The summed E-state index contributed by atoms with van der Waals surface area (Å²) in [5, 5.41) is 5.18. The molecule has 6 nitrogen and oxygen atoms in total. The molecule has 1 fully saturated rings. The number of nitrogens with zero attached hydrogens (tertiary/aromatic N) is 4. The van der Waals surface area contributed by atoms with Crippen LogP contribution in [0, 0.1) is 6.92 Å². The van der Waals surface area contributed by atoms with Gasteiger partial charge in [0.1, 0.15) is 12.1 Å². The van der Waals surface area contributed by atoms with Crippen molar-refractivity contribution in [1.29, 1.82) is 0 Å². The minimum absolute atomic E-state index is 0.00887. The predicted molar refractivity (Wildman–Crippen MR) is 109 cm³/mol. The number of piperidine rings is 1. The Morgan fingerprint density at radius 1 is 1.44 bits per heavy atom. The topological polar surface area (TPSA) is 60.1 Å². The summed E-state index contributed by atoms with van der Waals surface area (Å²) in [5.74, 6) is -0.0318. The van der Waals surface area contributed by atoms with E-state index in [1.54, 1.807) is 23.6 Å². The SMILES string of the molecule is C=CCn1c2cc(C)sc2c2cnn(CC(=O)N3CCCC[C@@H]3C)c(=O)c21. The lowest BCUT2D eigenvalue weighted by molar-refractivity contribution is -0.135. The average molecular weight is 385 g/mol. The first kappa shape index (κ1) is 18.0. The quantitative estimate of drug-likeness (QED) is 0.649. The Labute approximate surface area is 161 Å². The molecular formula is C20H24N4O2S. The number of fused-ring (bicyclic) bond motifs is 3. The highest BCUT2D eigenvalue weighted by atomic mass is 32.1. The van der Waals surface area contributed by atoms with Crippen LogP contribution in [-0.4, -0.2) is 37.7 Å². The highest BCUT2D eigenvalue weighted by Crippen LogP contribution is 2.33. The van der Waals surface area contributed by atoms with Crippen LogP contribution in [-0.2, 0) is 17.9 Å². The Hall–Kier alpha value is -2.41. The molecule has 7 heteroatoms. The van der Waals surface area contributed by atoms with Gasteiger partial charge in [0.25, 0.3) is 5.56 Å². The third kappa shape index (κ3) is 3.00. The van der Waals surface area contributed by atoms with Crippen LogP contribution in [0.4, 0.5) is 0 Å². The van der Waals surface area contributed by atoms with E-state index in [0.717, 1.165) is 41.4 Å². The Morgan fingerprint density at radius 3 is 3.00 bits per heavy atom. The molecule has 0 saturated carbocycles. The van der Waals surface area contributed by atoms with Crippen molar-refractivity contribution in [1.82, 2.24) is 19.2 Å². The standard InChI is InChI=1S/C20H24N4O2S/c1-4-8-23-16-10-14(3)27-19(16)15-11-21-24(20(26)18(15)23)12-17(25)22-9-6-5-7-13(22)2/h4,10-11,13H,1,5-9,12H2,2-3H3/t13-/m0/s1. The Balaban J connectivity index is 1.77. The minimum Gasteiger partial charge on any atom is -0.338 e. The van der Waals surface area contributed by atoms with Crippen molar-refractivity contribution in [2.75, 3.05) is 6.54 Å². The maximum Gasteiger partial charge on any atom is 0.291 e. The molecule has 1 amide bonds. The molecule has 0 N–H and O–H groups in total. The van der Waals surface area contributed by atoms with Crippen LogP contribution in [0.5, 0.6) is 0 Å². The molecule has 1 saturated heterocycles. The van der Waals surface area contributed by atoms with Gasteiger partial charge < -0.3 is 9.47 Å². The van der Waals surface area contributed by atoms with Gasteiger partial charge in [-0.15, -0.1) is 17.9 Å². The van der Waals surface area contributed by atoms with Crippen molar-refractivity contribution in [3.8, 4) is 0 Å². The lowest BCUT2D eigenvalue weighted by atomic mass is 10.0. The number of hydrogen-bond donors (Lipinski definition) is 0. The summed E-state index contributed by atoms with van der Waals surface area (Å²) in [6.07, 6.45) is 6.71. The summed E-state index contributed by atoms with van der Waals surface area (Å²) >= 11 is 1.66. The number of likely N-dealkylation sites (tertiary alicyclic amines) is 1. The molecule has 0 spiro atoms. The molecule has 142 valence electrons. The summed E-state index contributed by atoms with van der Waals surface area (Å²) in [6, 6.07) is 2.32. The zero-order chi connectivity index (χ0) is 19.1. The van der Waals surface area contributed by atoms with Gasteiger partial charge in [0.05, 0.1) is 16.4 Å². The van der Waals surface area contributed by atoms with E-state index in [-0.39, 0.29) is 24.1 Å². The highest BCUT2D eigenvalue weighted by Gasteiger charge is 2.25. The maximum atomic E-state index is 13.2. The molecular weight excluding hydrogens is 360 g/mol. The fourth-order valence-corrected chi connectivity index (χ4v) is 5.06. The van der Waals surface area contributed by atoms with Crippen LogP contribution in [0.1, 0.15) is 31.1 Å². The van der Waals surface area contributed by atoms with Crippen LogP contribution in [0.3, 0.4) is 0 Å². The lowest BCUT2D eigenvalue weighted by Crippen LogP contribution is -2.45. The molecule has 1 aliphatic heterocycles. The number of allylic oxidation sites excluding steroid dienone is 1. The fourth-order valence-electron chi connectivity index (χ4n) is 4.04. The van der Waals surface area contributed by atoms with Crippen LogP contribution < -0.4 is 5.56 Å². The van der Waals surface area contributed by atoms with Gasteiger partial charge in [-0.1, -0.05) is 6.08 Å². The van der Waals surface area contributed by atoms with Crippen molar-refractivity contribution < 1.29 is 4.79 Å². The number of carbonyl (C=O) groups excluding carboxylic acids is 1. The second-order valence-electron chi connectivity index (χ2n) is 7.27. The van der Waals surface area contributed by atoms with Gasteiger partial charge in [-0.2, -0.15) is 5.10 Å². The van der Waals surface area contributed by atoms with E-state index in [1.165, 1.54) is 9.56 Å². The summed E-state index contributed by atoms with van der Waals surface area (Å²) in [7, 11) is 0. The molecule has 3 aromatic heterocycles. The molecule has 0 aromatic carbocycles. The van der Waals surface area contributed by atoms with E-state index in [1.807, 2.05) is 9.47 Å². The Morgan fingerprint density at radius 2 is 2.26 bits per heavy atom. The largest absolute Gasteiger partial charge is 0.338 e. The molecule has 0 bridgehead atoms. The first-order valence-corrected chi connectivity index (χ1v) is 10.2. The number of thiophene rings is 1. The zero-order valence-corrected chi connectivity index (χ0v) is 16.6. The molecule has 3 aromatic rings. The number of rotatable bonds is 4. The van der Waals surface area contributed by atoms with Crippen LogP contribution in [0.2, 0.25) is 0 Å². The van der Waals surface area contributed by atoms with Gasteiger partial charge in [0, 0.05) is 29.4 Å². The maximum absolute atomic E-state index is 13.2. The number of aryl methyl sites for hydroxylation is 1. The lowest BCUT2D eigenvalue weighted by Gasteiger charge is -2.33. The van der Waals surface area contributed by atoms with Crippen molar-refractivity contribution in [2.45, 2.75) is 52.2 Å². The molecule has 27 heavy (non-hydrogen) atoms. The van der Waals surface area contributed by atoms with Crippen molar-refractivity contribution in [3.63, 3.8) is 0 Å². The Bertz CT molecular complexity index is 1090. The van der Waals surface area contributed by atoms with Gasteiger partial charge in [0.15, 0.2) is 0 Å². The van der Waals surface area contributed by atoms with Gasteiger partial charge in [-0.25, -0.2) is 4.68 Å². The number of carbonyl (C=O) groups is 1. The predicted octanol–water partition coefficient (Wildman–Crippen LogP) is 3.31. The first-order valence-electron chi connectivity index (χ1n) is 9.40. The molecule has 1 aliphatic rings.